The van der Waals surface area contributed by atoms with Crippen LogP contribution in [0.5, 0.6) is 0 Å². The maximum Gasteiger partial charge on any atom is 0.224 e. The molecule has 0 aliphatic rings. The molecule has 1 amide bonds. The summed E-state index contributed by atoms with van der Waals surface area (Å²) < 4.78 is 0. The third-order valence-corrected chi connectivity index (χ3v) is 3.95. The molecule has 2 aromatic rings. The second-order valence-corrected chi connectivity index (χ2v) is 5.83. The van der Waals surface area contributed by atoms with E-state index in [1.54, 1.807) is 11.8 Å². The minimum absolute atomic E-state index is 0.0967. The number of thioether (sulfide) groups is 1. The first kappa shape index (κ1) is 15.6. The molecular weight excluding hydrogens is 278 g/mol. The number of carbonyl (C=O) groups excluding carboxylic acids is 1. The normalized spacial score (nSPS) is 10.3. The van der Waals surface area contributed by atoms with Crippen molar-refractivity contribution in [2.75, 3.05) is 12.8 Å². The van der Waals surface area contributed by atoms with Gasteiger partial charge in [0.1, 0.15) is 0 Å². The predicted molar refractivity (Wildman–Crippen MR) is 90.5 cm³/mol. The van der Waals surface area contributed by atoms with Crippen LogP contribution >= 0.6 is 11.8 Å². The van der Waals surface area contributed by atoms with Crippen LogP contribution in [0.25, 0.3) is 0 Å². The maximum absolute atomic E-state index is 12.0. The Kier molecular flexibility index (Phi) is 6.35. The minimum Gasteiger partial charge on any atom is -0.355 e. The fraction of sp³-hybridized carbons (Fsp3) is 0.278. The molecule has 0 radical (unpaired) electrons. The highest BCUT2D eigenvalue weighted by Gasteiger charge is 2.07. The molecule has 0 unspecified atom stereocenters. The monoisotopic (exact) mass is 299 g/mol. The molecule has 0 heterocycles. The highest BCUT2D eigenvalue weighted by Crippen LogP contribution is 2.15. The van der Waals surface area contributed by atoms with Crippen molar-refractivity contribution in [1.82, 2.24) is 5.32 Å². The van der Waals surface area contributed by atoms with Crippen LogP contribution in [0.4, 0.5) is 0 Å². The lowest BCUT2D eigenvalue weighted by atomic mass is 10.1. The molecule has 3 heteroatoms. The van der Waals surface area contributed by atoms with E-state index in [0.29, 0.717) is 13.0 Å². The average molecular weight is 299 g/mol. The van der Waals surface area contributed by atoms with Gasteiger partial charge in [0.25, 0.3) is 0 Å². The van der Waals surface area contributed by atoms with Crippen LogP contribution in [0.1, 0.15) is 16.7 Å². The zero-order valence-corrected chi connectivity index (χ0v) is 13.2. The van der Waals surface area contributed by atoms with Crippen molar-refractivity contribution in [3.05, 3.63) is 71.3 Å². The van der Waals surface area contributed by atoms with E-state index in [0.717, 1.165) is 17.7 Å². The SMILES string of the molecule is CSCc1ccccc1CC(=O)NCCc1ccccc1. The molecule has 2 aromatic carbocycles. The van der Waals surface area contributed by atoms with Gasteiger partial charge in [-0.3, -0.25) is 4.79 Å². The highest BCUT2D eigenvalue weighted by molar-refractivity contribution is 7.97. The molecule has 0 aliphatic heterocycles. The molecule has 0 atom stereocenters. The molecule has 2 nitrogen and oxygen atoms in total. The fourth-order valence-corrected chi connectivity index (χ4v) is 2.85. The Bertz CT molecular complexity index is 568. The minimum atomic E-state index is 0.0967. The van der Waals surface area contributed by atoms with E-state index in [2.05, 4.69) is 29.8 Å². The van der Waals surface area contributed by atoms with Gasteiger partial charge >= 0.3 is 0 Å². The zero-order valence-electron chi connectivity index (χ0n) is 12.3. The summed E-state index contributed by atoms with van der Waals surface area (Å²) in [5, 5.41) is 3.00. The molecule has 0 aliphatic carbocycles. The van der Waals surface area contributed by atoms with Crippen LogP contribution in [-0.2, 0) is 23.4 Å². The van der Waals surface area contributed by atoms with Gasteiger partial charge in [-0.05, 0) is 29.4 Å². The Morgan fingerprint density at radius 2 is 1.67 bits per heavy atom. The number of amides is 1. The third-order valence-electron chi connectivity index (χ3n) is 3.35. The summed E-state index contributed by atoms with van der Waals surface area (Å²) in [7, 11) is 0. The topological polar surface area (TPSA) is 29.1 Å². The van der Waals surface area contributed by atoms with Gasteiger partial charge in [0.05, 0.1) is 6.42 Å². The molecule has 110 valence electrons. The molecule has 0 bridgehead atoms. The Balaban J connectivity index is 1.82. The van der Waals surface area contributed by atoms with Crippen molar-refractivity contribution in [1.29, 1.82) is 0 Å². The lowest BCUT2D eigenvalue weighted by Gasteiger charge is -2.09. The lowest BCUT2D eigenvalue weighted by molar-refractivity contribution is -0.120. The molecular formula is C18H21NOS. The summed E-state index contributed by atoms with van der Waals surface area (Å²) in [4.78, 5) is 12.0. The van der Waals surface area contributed by atoms with E-state index in [4.69, 9.17) is 0 Å². The van der Waals surface area contributed by atoms with E-state index in [-0.39, 0.29) is 5.91 Å². The van der Waals surface area contributed by atoms with Crippen LogP contribution in [0.2, 0.25) is 0 Å². The van der Waals surface area contributed by atoms with Gasteiger partial charge in [0.2, 0.25) is 5.91 Å². The van der Waals surface area contributed by atoms with Crippen molar-refractivity contribution in [3.63, 3.8) is 0 Å². The van der Waals surface area contributed by atoms with Gasteiger partial charge in [-0.15, -0.1) is 0 Å². The van der Waals surface area contributed by atoms with Crippen molar-refractivity contribution in [2.45, 2.75) is 18.6 Å². The van der Waals surface area contributed by atoms with Crippen molar-refractivity contribution in [2.24, 2.45) is 0 Å². The van der Waals surface area contributed by atoms with Gasteiger partial charge in [-0.2, -0.15) is 11.8 Å². The summed E-state index contributed by atoms with van der Waals surface area (Å²) in [6.07, 6.45) is 3.42. The van der Waals surface area contributed by atoms with Crippen LogP contribution in [0, 0.1) is 0 Å². The first-order valence-electron chi connectivity index (χ1n) is 7.16. The van der Waals surface area contributed by atoms with E-state index >= 15 is 0 Å². The van der Waals surface area contributed by atoms with Crippen LogP contribution < -0.4 is 5.32 Å². The molecule has 2 rings (SSSR count). The van der Waals surface area contributed by atoms with E-state index < -0.39 is 0 Å². The van der Waals surface area contributed by atoms with Crippen molar-refractivity contribution < 1.29 is 4.79 Å². The van der Waals surface area contributed by atoms with E-state index in [9.17, 15) is 4.79 Å². The van der Waals surface area contributed by atoms with E-state index in [1.165, 1.54) is 11.1 Å². The number of benzene rings is 2. The average Bonchev–Trinajstić information content (AvgIpc) is 2.50. The first-order chi connectivity index (χ1) is 10.3. The van der Waals surface area contributed by atoms with Crippen LogP contribution in [0.3, 0.4) is 0 Å². The van der Waals surface area contributed by atoms with Gasteiger partial charge in [-0.25, -0.2) is 0 Å². The molecule has 0 saturated heterocycles. The second-order valence-electron chi connectivity index (χ2n) is 4.96. The molecule has 0 saturated carbocycles. The van der Waals surface area contributed by atoms with Gasteiger partial charge in [0.15, 0.2) is 0 Å². The van der Waals surface area contributed by atoms with Gasteiger partial charge < -0.3 is 5.32 Å². The molecule has 0 aromatic heterocycles. The number of hydrogen-bond donors (Lipinski definition) is 1. The van der Waals surface area contributed by atoms with Crippen LogP contribution in [0.15, 0.2) is 54.6 Å². The number of carbonyl (C=O) groups is 1. The Hall–Kier alpha value is -1.74. The number of rotatable bonds is 7. The second kappa shape index (κ2) is 8.53. The maximum atomic E-state index is 12.0. The Morgan fingerprint density at radius 3 is 2.38 bits per heavy atom. The Morgan fingerprint density at radius 1 is 1.00 bits per heavy atom. The van der Waals surface area contributed by atoms with Gasteiger partial charge in [-0.1, -0.05) is 54.6 Å². The standard InChI is InChI=1S/C18H21NOS/c1-21-14-17-10-6-5-9-16(17)13-18(20)19-12-11-15-7-3-2-4-8-15/h2-10H,11-14H2,1H3,(H,19,20). The third kappa shape index (κ3) is 5.27. The smallest absolute Gasteiger partial charge is 0.224 e. The Labute approximate surface area is 131 Å². The highest BCUT2D eigenvalue weighted by atomic mass is 32.2. The first-order valence-corrected chi connectivity index (χ1v) is 8.55. The lowest BCUT2D eigenvalue weighted by Crippen LogP contribution is -2.27. The predicted octanol–water partition coefficient (Wildman–Crippen LogP) is 3.45. The number of hydrogen-bond acceptors (Lipinski definition) is 2. The largest absolute Gasteiger partial charge is 0.355 e. The molecule has 1 N–H and O–H groups in total. The van der Waals surface area contributed by atoms with Crippen LogP contribution in [-0.4, -0.2) is 18.7 Å². The number of nitrogens with one attached hydrogen (secondary N) is 1. The van der Waals surface area contributed by atoms with E-state index in [1.807, 2.05) is 36.4 Å². The summed E-state index contributed by atoms with van der Waals surface area (Å²) in [5.74, 6) is 1.05. The zero-order chi connectivity index (χ0) is 14.9. The quantitative estimate of drug-likeness (QED) is 0.848. The van der Waals surface area contributed by atoms with Crippen molar-refractivity contribution in [3.8, 4) is 0 Å². The summed E-state index contributed by atoms with van der Waals surface area (Å²) in [6, 6.07) is 18.4. The fourth-order valence-electron chi connectivity index (χ4n) is 2.25. The van der Waals surface area contributed by atoms with Crippen molar-refractivity contribution >= 4 is 17.7 Å². The summed E-state index contributed by atoms with van der Waals surface area (Å²) >= 11 is 1.78. The van der Waals surface area contributed by atoms with Gasteiger partial charge in [0, 0.05) is 12.3 Å². The molecule has 0 fully saturated rings. The summed E-state index contributed by atoms with van der Waals surface area (Å²) in [5.41, 5.74) is 3.63. The molecule has 0 spiro atoms. The summed E-state index contributed by atoms with van der Waals surface area (Å²) in [6.45, 7) is 0.688. The molecule has 21 heavy (non-hydrogen) atoms.